The van der Waals surface area contributed by atoms with E-state index in [0.717, 1.165) is 0 Å². The normalized spacial score (nSPS) is 11.2. The fourth-order valence-electron chi connectivity index (χ4n) is 3.05. The van der Waals surface area contributed by atoms with E-state index in [2.05, 4.69) is 20.1 Å². The lowest BCUT2D eigenvalue weighted by atomic mass is 10.1. The maximum atomic E-state index is 13.0. The maximum Gasteiger partial charge on any atom is 0.493 e. The number of carbonyl (C=O) groups is 2. The van der Waals surface area contributed by atoms with Crippen molar-refractivity contribution in [1.29, 1.82) is 0 Å². The Kier molecular flexibility index (Phi) is 8.50. The number of likely N-dealkylation sites (N-methyl/N-ethyl adjacent to an activating group) is 1. The molecule has 0 aliphatic heterocycles. The van der Waals surface area contributed by atoms with Crippen LogP contribution < -0.4 is 10.1 Å². The molecule has 0 fully saturated rings. The average Bonchev–Trinajstić information content (AvgIpc) is 2.86. The van der Waals surface area contributed by atoms with E-state index in [1.165, 1.54) is 49.8 Å². The number of carbonyl (C=O) groups excluding carboxylic acids is 2. The molecule has 3 rings (SSSR count). The lowest BCUT2D eigenvalue weighted by Crippen LogP contribution is -2.41. The highest BCUT2D eigenvalue weighted by molar-refractivity contribution is 5.96. The molecule has 1 heterocycles. The second-order valence-electron chi connectivity index (χ2n) is 7.96. The molecule has 2 aromatic carbocycles. The van der Waals surface area contributed by atoms with Crippen LogP contribution in [0.5, 0.6) is 11.5 Å². The monoisotopic (exact) mass is 519 g/mol. The highest BCUT2D eigenvalue weighted by Crippen LogP contribution is 2.30. The highest BCUT2D eigenvalue weighted by atomic mass is 19.4. The summed E-state index contributed by atoms with van der Waals surface area (Å²) in [5, 5.41) is 12.8. The van der Waals surface area contributed by atoms with E-state index >= 15 is 0 Å². The van der Waals surface area contributed by atoms with Gasteiger partial charge in [-0.05, 0) is 56.6 Å². The van der Waals surface area contributed by atoms with E-state index in [0.29, 0.717) is 22.1 Å². The van der Waals surface area contributed by atoms with Crippen LogP contribution in [0.1, 0.15) is 10.4 Å². The van der Waals surface area contributed by atoms with Gasteiger partial charge in [-0.25, -0.2) is 9.78 Å². The summed E-state index contributed by atoms with van der Waals surface area (Å²) >= 11 is 0. The average molecular weight is 519 g/mol. The second kappa shape index (κ2) is 11.6. The number of alkyl halides is 3. The number of ether oxygens (including phenoxy) is 1. The number of amides is 1. The number of halogens is 3. The molecule has 1 aromatic heterocycles. The summed E-state index contributed by atoms with van der Waals surface area (Å²) < 4.78 is 43.7. The van der Waals surface area contributed by atoms with Gasteiger partial charge in [0.2, 0.25) is 0 Å². The van der Waals surface area contributed by atoms with E-state index in [-0.39, 0.29) is 35.9 Å². The predicted molar refractivity (Wildman–Crippen MR) is 127 cm³/mol. The summed E-state index contributed by atoms with van der Waals surface area (Å²) in [5.74, 6) is -2.79. The molecule has 1 amide bonds. The molecule has 0 bridgehead atoms. The molecule has 2 N–H and O–H groups in total. The zero-order chi connectivity index (χ0) is 27.2. The van der Waals surface area contributed by atoms with Crippen molar-refractivity contribution in [2.75, 3.05) is 39.6 Å². The number of methoxy groups -OCH3 is 1. The van der Waals surface area contributed by atoms with Crippen LogP contribution in [0.15, 0.2) is 54.9 Å². The Hall–Kier alpha value is -4.39. The lowest BCUT2D eigenvalue weighted by Gasteiger charge is -2.23. The molecule has 0 unspecified atom stereocenters. The first-order valence-corrected chi connectivity index (χ1v) is 10.8. The Bertz CT molecular complexity index is 1250. The van der Waals surface area contributed by atoms with E-state index < -0.39 is 18.1 Å². The largest absolute Gasteiger partial charge is 0.508 e. The van der Waals surface area contributed by atoms with Gasteiger partial charge in [-0.3, -0.25) is 9.78 Å². The molecule has 0 atom stereocenters. The number of aromatic nitrogens is 2. The molecular weight excluding hydrogens is 495 g/mol. The van der Waals surface area contributed by atoms with Crippen molar-refractivity contribution in [3.8, 4) is 22.8 Å². The minimum atomic E-state index is -5.27. The Morgan fingerprint density at radius 2 is 1.76 bits per heavy atom. The van der Waals surface area contributed by atoms with Gasteiger partial charge in [0.1, 0.15) is 17.3 Å². The van der Waals surface area contributed by atoms with Gasteiger partial charge in [-0.2, -0.15) is 18.2 Å². The van der Waals surface area contributed by atoms with Crippen molar-refractivity contribution in [2.24, 2.45) is 0 Å². The van der Waals surface area contributed by atoms with Gasteiger partial charge in [-0.15, -0.1) is 0 Å². The first-order chi connectivity index (χ1) is 17.5. The molecular formula is C24H24F3N5O5. The molecule has 196 valence electrons. The number of hydrogen-bond acceptors (Lipinski definition) is 9. The molecule has 0 radical (unpaired) electrons. The standard InChI is InChI=1S/C24H24F3N5O5/c1-31(2)10-11-32(37-23(35)24(25,26)27)22(34)16-6-9-20(36-3)18(12-16)29-21-14-28-13-19(30-21)15-4-7-17(33)8-5-15/h4-9,12-14,33H,10-11H2,1-3H3,(H,29,30). The number of phenols is 1. The Labute approximate surface area is 210 Å². The Balaban J connectivity index is 1.89. The first-order valence-electron chi connectivity index (χ1n) is 10.8. The van der Waals surface area contributed by atoms with Crippen molar-refractivity contribution in [3.05, 3.63) is 60.4 Å². The lowest BCUT2D eigenvalue weighted by molar-refractivity contribution is -0.228. The number of phenolic OH excluding ortho intramolecular Hbond substituents is 1. The summed E-state index contributed by atoms with van der Waals surface area (Å²) in [7, 11) is 4.70. The number of hydroxylamine groups is 2. The number of benzene rings is 2. The van der Waals surface area contributed by atoms with Crippen molar-refractivity contribution < 1.29 is 37.4 Å². The second-order valence-corrected chi connectivity index (χ2v) is 7.96. The van der Waals surface area contributed by atoms with Gasteiger partial charge in [-0.1, -0.05) is 0 Å². The van der Waals surface area contributed by atoms with Crippen LogP contribution in [-0.4, -0.2) is 77.4 Å². The van der Waals surface area contributed by atoms with Crippen LogP contribution in [0, 0.1) is 0 Å². The number of hydrogen-bond donors (Lipinski definition) is 2. The Morgan fingerprint density at radius 3 is 2.38 bits per heavy atom. The molecule has 37 heavy (non-hydrogen) atoms. The molecule has 0 aliphatic carbocycles. The summed E-state index contributed by atoms with van der Waals surface area (Å²) in [6.45, 7) is -0.166. The third kappa shape index (κ3) is 7.30. The molecule has 0 aliphatic rings. The zero-order valence-corrected chi connectivity index (χ0v) is 20.1. The van der Waals surface area contributed by atoms with Crippen molar-refractivity contribution in [2.45, 2.75) is 6.18 Å². The van der Waals surface area contributed by atoms with Crippen LogP contribution >= 0.6 is 0 Å². The fourth-order valence-corrected chi connectivity index (χ4v) is 3.05. The molecule has 13 heteroatoms. The zero-order valence-electron chi connectivity index (χ0n) is 20.1. The van der Waals surface area contributed by atoms with E-state index in [1.54, 1.807) is 31.1 Å². The highest BCUT2D eigenvalue weighted by Gasteiger charge is 2.43. The number of rotatable bonds is 8. The third-order valence-corrected chi connectivity index (χ3v) is 4.91. The topological polar surface area (TPSA) is 117 Å². The van der Waals surface area contributed by atoms with Crippen LogP contribution in [0.25, 0.3) is 11.3 Å². The smallest absolute Gasteiger partial charge is 0.493 e. The number of nitrogens with one attached hydrogen (secondary N) is 1. The number of anilines is 2. The number of nitrogens with zero attached hydrogens (tertiary/aromatic N) is 4. The SMILES string of the molecule is COc1ccc(C(=O)N(CCN(C)C)OC(=O)C(F)(F)F)cc1Nc1cncc(-c2ccc(O)cc2)n1. The summed E-state index contributed by atoms with van der Waals surface area (Å²) in [5.41, 5.74) is 1.37. The van der Waals surface area contributed by atoms with Crippen LogP contribution in [-0.2, 0) is 9.63 Å². The maximum absolute atomic E-state index is 13.0. The first kappa shape index (κ1) is 27.2. The third-order valence-electron chi connectivity index (χ3n) is 4.91. The summed E-state index contributed by atoms with van der Waals surface area (Å²) in [6, 6.07) is 10.4. The van der Waals surface area contributed by atoms with Crippen LogP contribution in [0.2, 0.25) is 0 Å². The van der Waals surface area contributed by atoms with Gasteiger partial charge in [0.25, 0.3) is 5.91 Å². The fraction of sp³-hybridized carbons (Fsp3) is 0.250. The molecule has 10 nitrogen and oxygen atoms in total. The Morgan fingerprint density at radius 1 is 1.05 bits per heavy atom. The van der Waals surface area contributed by atoms with Crippen molar-refractivity contribution in [1.82, 2.24) is 19.9 Å². The van der Waals surface area contributed by atoms with Gasteiger partial charge < -0.3 is 24.9 Å². The van der Waals surface area contributed by atoms with Crippen LogP contribution in [0.4, 0.5) is 24.7 Å². The predicted octanol–water partition coefficient (Wildman–Crippen LogP) is 3.63. The quantitative estimate of drug-likeness (QED) is 0.430. The minimum absolute atomic E-state index is 0.0697. The van der Waals surface area contributed by atoms with Gasteiger partial charge in [0.15, 0.2) is 0 Å². The van der Waals surface area contributed by atoms with Crippen LogP contribution in [0.3, 0.4) is 0 Å². The van der Waals surface area contributed by atoms with Gasteiger partial charge in [0.05, 0.1) is 37.4 Å². The molecule has 0 spiro atoms. The van der Waals surface area contributed by atoms with Crippen molar-refractivity contribution in [3.63, 3.8) is 0 Å². The van der Waals surface area contributed by atoms with E-state index in [4.69, 9.17) is 4.74 Å². The van der Waals surface area contributed by atoms with Gasteiger partial charge >= 0.3 is 12.1 Å². The van der Waals surface area contributed by atoms with E-state index in [9.17, 15) is 27.9 Å². The molecule has 0 saturated carbocycles. The minimum Gasteiger partial charge on any atom is -0.508 e. The molecule has 0 saturated heterocycles. The summed E-state index contributed by atoms with van der Waals surface area (Å²) in [4.78, 5) is 39.0. The van der Waals surface area contributed by atoms with Gasteiger partial charge in [0, 0.05) is 17.7 Å². The van der Waals surface area contributed by atoms with E-state index in [1.807, 2.05) is 0 Å². The summed E-state index contributed by atoms with van der Waals surface area (Å²) in [6.07, 6.45) is -2.33. The van der Waals surface area contributed by atoms with Crippen molar-refractivity contribution >= 4 is 23.4 Å². The molecule has 3 aromatic rings. The number of aromatic hydroxyl groups is 1.